The highest BCUT2D eigenvalue weighted by Gasteiger charge is 2.17. The molecule has 0 aliphatic carbocycles. The fourth-order valence-electron chi connectivity index (χ4n) is 4.09. The molecule has 0 saturated heterocycles. The first kappa shape index (κ1) is 10.1. The molecule has 0 radical (unpaired) electrons. The molecular weight excluding hydrogens is 526 g/mol. The molecule has 0 spiro atoms. The Labute approximate surface area is 284 Å². The Morgan fingerprint density at radius 2 is 0.814 bits per heavy atom. The van der Waals surface area contributed by atoms with Gasteiger partial charge in [0.05, 0.1) is 34.3 Å². The normalized spacial score (nSPS) is 19.4. The summed E-state index contributed by atoms with van der Waals surface area (Å²) in [5.41, 5.74) is -6.16. The largest absolute Gasteiger partial charge is 0.456 e. The number of hydrogen-bond donors (Lipinski definition) is 0. The van der Waals surface area contributed by atoms with Gasteiger partial charge in [-0.1, -0.05) is 139 Å². The summed E-state index contributed by atoms with van der Waals surface area (Å²) >= 11 is 0. The van der Waals surface area contributed by atoms with E-state index in [4.69, 9.17) is 35.9 Å². The maximum absolute atomic E-state index is 9.19. The van der Waals surface area contributed by atoms with Crippen LogP contribution in [0.5, 0.6) is 0 Å². The van der Waals surface area contributed by atoms with E-state index in [1.165, 1.54) is 0 Å². The maximum Gasteiger partial charge on any atom is 0.164 e. The van der Waals surface area contributed by atoms with Gasteiger partial charge >= 0.3 is 0 Å². The Morgan fingerprint density at radius 3 is 1.44 bits per heavy atom. The van der Waals surface area contributed by atoms with Crippen molar-refractivity contribution in [3.05, 3.63) is 151 Å². The number of rotatable bonds is 5. The minimum atomic E-state index is -1.03. The molecule has 6 aromatic carbocycles. The zero-order chi connectivity index (χ0) is 50.3. The number of nitrogens with zero attached hydrogens (tertiary/aromatic N) is 3. The molecule has 0 fully saturated rings. The van der Waals surface area contributed by atoms with Crippen LogP contribution < -0.4 is 0 Å². The second-order valence-corrected chi connectivity index (χ2v) is 8.57. The zero-order valence-corrected chi connectivity index (χ0v) is 21.2. The smallest absolute Gasteiger partial charge is 0.164 e. The van der Waals surface area contributed by atoms with E-state index in [1.54, 1.807) is 0 Å². The molecule has 43 heavy (non-hydrogen) atoms. The molecule has 0 saturated carbocycles. The molecule has 8 rings (SSSR count). The number of furan rings is 1. The van der Waals surface area contributed by atoms with Crippen LogP contribution in [-0.4, -0.2) is 15.0 Å². The molecule has 0 atom stereocenters. The standard InChI is InChI=1S/C39H25N3O/c1-3-10-26(11-4-1)27-18-20-28(21-19-27)29-22-24-31(25-23-29)38-40-37(30-12-5-2-6-13-30)41-39(42-38)33-15-9-17-35-36(33)32-14-7-8-16-34(32)43-35/h1-25H/i1D,2D,3D,4D,5D,6D,7D,8D,9D,10D,11D,12D,13D,14D,15D,16D,17D,18D,19D,20D,21D,22D,23D,24D,25D. The summed E-state index contributed by atoms with van der Waals surface area (Å²) in [6, 6.07) is -21.9. The molecule has 0 unspecified atom stereocenters. The zero-order valence-electron chi connectivity index (χ0n) is 46.2. The quantitative estimate of drug-likeness (QED) is 0.205. The van der Waals surface area contributed by atoms with Crippen molar-refractivity contribution in [3.63, 3.8) is 0 Å². The van der Waals surface area contributed by atoms with Crippen LogP contribution in [0.25, 0.3) is 78.4 Å². The fourth-order valence-corrected chi connectivity index (χ4v) is 4.09. The summed E-state index contributed by atoms with van der Waals surface area (Å²) in [4.78, 5) is 12.9. The lowest BCUT2D eigenvalue weighted by Gasteiger charge is -2.10. The van der Waals surface area contributed by atoms with Gasteiger partial charge in [-0.15, -0.1) is 0 Å². The van der Waals surface area contributed by atoms with Crippen molar-refractivity contribution in [2.45, 2.75) is 0 Å². The van der Waals surface area contributed by atoms with Crippen molar-refractivity contribution < 1.29 is 38.7 Å². The first-order valence-corrected chi connectivity index (χ1v) is 12.2. The minimum absolute atomic E-state index is 0.402. The molecule has 8 aromatic rings. The summed E-state index contributed by atoms with van der Waals surface area (Å²) in [5, 5.41) is -0.812. The van der Waals surface area contributed by atoms with Crippen LogP contribution in [0.15, 0.2) is 155 Å². The van der Waals surface area contributed by atoms with Gasteiger partial charge in [0.25, 0.3) is 0 Å². The van der Waals surface area contributed by atoms with Gasteiger partial charge in [0.15, 0.2) is 17.5 Å². The van der Waals surface area contributed by atoms with Crippen LogP contribution in [-0.2, 0) is 0 Å². The van der Waals surface area contributed by atoms with Crippen LogP contribution in [0.2, 0.25) is 0 Å². The molecule has 0 bridgehead atoms. The van der Waals surface area contributed by atoms with Gasteiger partial charge in [0.2, 0.25) is 0 Å². The molecule has 0 aliphatic rings. The number of hydrogen-bond acceptors (Lipinski definition) is 4. The van der Waals surface area contributed by atoms with Gasteiger partial charge < -0.3 is 4.42 Å². The van der Waals surface area contributed by atoms with Crippen LogP contribution >= 0.6 is 0 Å². The fraction of sp³-hybridized carbons (Fsp3) is 0. The average molecular weight is 577 g/mol. The maximum atomic E-state index is 9.19. The number of benzene rings is 6. The first-order valence-electron chi connectivity index (χ1n) is 24.7. The Bertz CT molecular complexity index is 3530. The van der Waals surface area contributed by atoms with E-state index in [2.05, 4.69) is 15.0 Å². The number of para-hydroxylation sites is 1. The third-order valence-electron chi connectivity index (χ3n) is 6.00. The van der Waals surface area contributed by atoms with E-state index in [0.717, 1.165) is 0 Å². The van der Waals surface area contributed by atoms with Crippen molar-refractivity contribution in [1.82, 2.24) is 15.0 Å². The topological polar surface area (TPSA) is 51.8 Å². The van der Waals surface area contributed by atoms with Crippen LogP contribution in [0.3, 0.4) is 0 Å². The van der Waals surface area contributed by atoms with Crippen LogP contribution in [0.1, 0.15) is 34.3 Å². The van der Waals surface area contributed by atoms with Crippen molar-refractivity contribution in [2.75, 3.05) is 0 Å². The Morgan fingerprint density at radius 1 is 0.372 bits per heavy atom. The second kappa shape index (κ2) is 10.5. The van der Waals surface area contributed by atoms with Gasteiger partial charge in [-0.05, 0) is 34.3 Å². The lowest BCUT2D eigenvalue weighted by molar-refractivity contribution is 0.669. The molecule has 0 N–H and O–H groups in total. The van der Waals surface area contributed by atoms with E-state index in [-0.39, 0.29) is 0 Å². The molecule has 2 heterocycles. The van der Waals surface area contributed by atoms with Gasteiger partial charge in [0, 0.05) is 27.5 Å². The second-order valence-electron chi connectivity index (χ2n) is 8.57. The molecule has 2 aromatic heterocycles. The highest BCUT2D eigenvalue weighted by Crippen LogP contribution is 2.36. The summed E-state index contributed by atoms with van der Waals surface area (Å²) in [6.07, 6.45) is 0. The van der Waals surface area contributed by atoms with E-state index >= 15 is 0 Å². The molecule has 4 heteroatoms. The van der Waals surface area contributed by atoms with Crippen molar-refractivity contribution in [2.24, 2.45) is 0 Å². The van der Waals surface area contributed by atoms with Crippen LogP contribution in [0, 0.1) is 0 Å². The molecule has 202 valence electrons. The van der Waals surface area contributed by atoms with Gasteiger partial charge in [-0.3, -0.25) is 0 Å². The third-order valence-corrected chi connectivity index (χ3v) is 6.00. The van der Waals surface area contributed by atoms with Gasteiger partial charge in [-0.2, -0.15) is 0 Å². The van der Waals surface area contributed by atoms with E-state index in [1.807, 2.05) is 0 Å². The van der Waals surface area contributed by atoms with Crippen molar-refractivity contribution >= 4 is 21.9 Å². The predicted octanol–water partition coefficient (Wildman–Crippen LogP) is 10.1. The minimum Gasteiger partial charge on any atom is -0.456 e. The third kappa shape index (κ3) is 4.65. The SMILES string of the molecule is [2H]c1c([2H])c([2H])c(-c2nc(-c3c([2H])c([2H])c(-c4c([2H])c([2H])c(-c5c([2H])c([2H])c([2H])c([2H])c5[2H])c([2H])c4[2H])c([2H])c3[2H])nc(-c3c([2H])c([2H])c([2H])c4oc5c([2H])c([2H])c([2H])c([2H])c5c34)n2)c([2H])c1[2H]. The summed E-state index contributed by atoms with van der Waals surface area (Å²) in [5.74, 6) is -2.41. The van der Waals surface area contributed by atoms with E-state index in [9.17, 15) is 2.74 Å². The number of aromatic nitrogens is 3. The van der Waals surface area contributed by atoms with E-state index < -0.39 is 229 Å². The Balaban J connectivity index is 1.48. The van der Waals surface area contributed by atoms with Crippen molar-refractivity contribution in [1.29, 1.82) is 0 Å². The average Bonchev–Trinajstić information content (AvgIpc) is 3.71. The lowest BCUT2D eigenvalue weighted by Crippen LogP contribution is -2.00. The molecule has 0 aliphatic heterocycles. The molecule has 0 amide bonds. The lowest BCUT2D eigenvalue weighted by atomic mass is 9.99. The first-order chi connectivity index (χ1) is 31.7. The highest BCUT2D eigenvalue weighted by atomic mass is 16.3. The molecule has 4 nitrogen and oxygen atoms in total. The Kier molecular flexibility index (Phi) is 2.48. The predicted molar refractivity (Wildman–Crippen MR) is 174 cm³/mol. The van der Waals surface area contributed by atoms with Gasteiger partial charge in [0.1, 0.15) is 11.2 Å². The monoisotopic (exact) mass is 576 g/mol. The number of fused-ring (bicyclic) bond motifs is 3. The Hall–Kier alpha value is -5.87. The van der Waals surface area contributed by atoms with Gasteiger partial charge in [-0.25, -0.2) is 15.0 Å². The van der Waals surface area contributed by atoms with E-state index in [0.29, 0.717) is 0 Å². The summed E-state index contributed by atoms with van der Waals surface area (Å²) < 4.78 is 221. The highest BCUT2D eigenvalue weighted by molar-refractivity contribution is 6.11. The van der Waals surface area contributed by atoms with Crippen molar-refractivity contribution in [3.8, 4) is 56.4 Å². The molecular formula is C39H25N3O. The summed E-state index contributed by atoms with van der Waals surface area (Å²) in [6.45, 7) is 0. The van der Waals surface area contributed by atoms with Crippen LogP contribution in [0.4, 0.5) is 0 Å². The summed E-state index contributed by atoms with van der Waals surface area (Å²) in [7, 11) is 0.